The highest BCUT2D eigenvalue weighted by Crippen LogP contribution is 2.28. The summed E-state index contributed by atoms with van der Waals surface area (Å²) in [5, 5.41) is 6.84. The molecule has 1 fully saturated rings. The van der Waals surface area contributed by atoms with Crippen LogP contribution in [0.3, 0.4) is 0 Å². The number of rotatable bonds is 5. The van der Waals surface area contributed by atoms with Crippen LogP contribution in [-0.4, -0.2) is 45.2 Å². The molecule has 0 atom stereocenters. The van der Waals surface area contributed by atoms with Crippen molar-refractivity contribution in [2.75, 3.05) is 24.6 Å². The number of amides is 1. The van der Waals surface area contributed by atoms with E-state index in [-0.39, 0.29) is 5.91 Å². The normalized spacial score (nSPS) is 14.7. The van der Waals surface area contributed by atoms with Crippen LogP contribution >= 0.6 is 23.1 Å². The van der Waals surface area contributed by atoms with Crippen LogP contribution in [0.5, 0.6) is 0 Å². The van der Waals surface area contributed by atoms with Crippen LogP contribution in [-0.2, 0) is 11.3 Å². The van der Waals surface area contributed by atoms with Gasteiger partial charge in [-0.15, -0.1) is 11.3 Å². The van der Waals surface area contributed by atoms with Gasteiger partial charge in [-0.2, -0.15) is 16.9 Å². The lowest BCUT2D eigenvalue weighted by atomic mass is 10.2. The van der Waals surface area contributed by atoms with Crippen LogP contribution in [0.15, 0.2) is 60.1 Å². The summed E-state index contributed by atoms with van der Waals surface area (Å²) in [5.41, 5.74) is 3.11. The molecule has 0 saturated carbocycles. The lowest BCUT2D eigenvalue weighted by Gasteiger charge is -2.25. The SMILES string of the molecule is O=C(/C=C/c1cn(Cc2ccccc2)nc1-c1cccs1)N1CCSCC1. The number of hydrogen-bond acceptors (Lipinski definition) is 4. The van der Waals surface area contributed by atoms with Gasteiger partial charge in [-0.3, -0.25) is 9.48 Å². The molecule has 27 heavy (non-hydrogen) atoms. The summed E-state index contributed by atoms with van der Waals surface area (Å²) < 4.78 is 1.95. The van der Waals surface area contributed by atoms with E-state index in [1.807, 2.05) is 57.9 Å². The van der Waals surface area contributed by atoms with Crippen LogP contribution in [0.1, 0.15) is 11.1 Å². The molecule has 0 radical (unpaired) electrons. The molecule has 0 aliphatic carbocycles. The van der Waals surface area contributed by atoms with Gasteiger partial charge in [0.05, 0.1) is 11.4 Å². The summed E-state index contributed by atoms with van der Waals surface area (Å²) in [4.78, 5) is 15.5. The average Bonchev–Trinajstić information content (AvgIpc) is 3.37. The van der Waals surface area contributed by atoms with Gasteiger partial charge >= 0.3 is 0 Å². The third kappa shape index (κ3) is 4.51. The van der Waals surface area contributed by atoms with Crippen molar-refractivity contribution in [1.29, 1.82) is 0 Å². The first-order valence-corrected chi connectivity index (χ1v) is 11.0. The Morgan fingerprint density at radius 3 is 2.67 bits per heavy atom. The third-order valence-electron chi connectivity index (χ3n) is 4.46. The monoisotopic (exact) mass is 395 g/mol. The van der Waals surface area contributed by atoms with Gasteiger partial charge < -0.3 is 4.90 Å². The molecular formula is C21H21N3OS2. The van der Waals surface area contributed by atoms with Crippen molar-refractivity contribution >= 4 is 35.1 Å². The van der Waals surface area contributed by atoms with Gasteiger partial charge in [0.1, 0.15) is 5.69 Å². The van der Waals surface area contributed by atoms with Crippen LogP contribution in [0.4, 0.5) is 0 Å². The predicted molar refractivity (Wildman–Crippen MR) is 114 cm³/mol. The first kappa shape index (κ1) is 18.1. The van der Waals surface area contributed by atoms with Crippen LogP contribution in [0.2, 0.25) is 0 Å². The number of carbonyl (C=O) groups excluding carboxylic acids is 1. The number of carbonyl (C=O) groups is 1. The molecular weight excluding hydrogens is 374 g/mol. The fourth-order valence-corrected chi connectivity index (χ4v) is 4.70. The van der Waals surface area contributed by atoms with Gasteiger partial charge in [0.25, 0.3) is 0 Å². The Hall–Kier alpha value is -2.31. The van der Waals surface area contributed by atoms with E-state index in [0.717, 1.165) is 40.7 Å². The Morgan fingerprint density at radius 1 is 1.11 bits per heavy atom. The molecule has 4 rings (SSSR count). The number of nitrogens with zero attached hydrogens (tertiary/aromatic N) is 3. The number of hydrogen-bond donors (Lipinski definition) is 0. The van der Waals surface area contributed by atoms with E-state index in [2.05, 4.69) is 23.6 Å². The van der Waals surface area contributed by atoms with Crippen LogP contribution in [0.25, 0.3) is 16.6 Å². The minimum atomic E-state index is 0.0863. The molecule has 0 N–H and O–H groups in total. The maximum absolute atomic E-state index is 12.5. The predicted octanol–water partition coefficient (Wildman–Crippen LogP) is 4.25. The molecule has 0 unspecified atom stereocenters. The molecule has 6 heteroatoms. The Balaban J connectivity index is 1.58. The van der Waals surface area contributed by atoms with Gasteiger partial charge in [-0.05, 0) is 23.1 Å². The lowest BCUT2D eigenvalue weighted by Crippen LogP contribution is -2.36. The van der Waals surface area contributed by atoms with E-state index < -0.39 is 0 Å². The van der Waals surface area contributed by atoms with E-state index in [1.165, 1.54) is 5.56 Å². The highest BCUT2D eigenvalue weighted by Gasteiger charge is 2.15. The molecule has 1 aliphatic heterocycles. The highest BCUT2D eigenvalue weighted by molar-refractivity contribution is 7.99. The summed E-state index contributed by atoms with van der Waals surface area (Å²) in [5.74, 6) is 2.13. The zero-order valence-electron chi connectivity index (χ0n) is 15.0. The molecule has 3 aromatic rings. The molecule has 3 heterocycles. The second kappa shape index (κ2) is 8.59. The Morgan fingerprint density at radius 2 is 1.93 bits per heavy atom. The van der Waals surface area contributed by atoms with Gasteiger partial charge in [0, 0.05) is 42.4 Å². The minimum Gasteiger partial charge on any atom is -0.338 e. The fraction of sp³-hybridized carbons (Fsp3) is 0.238. The maximum atomic E-state index is 12.5. The van der Waals surface area contributed by atoms with Crippen LogP contribution < -0.4 is 0 Å². The van der Waals surface area contributed by atoms with Crippen molar-refractivity contribution in [3.05, 3.63) is 71.2 Å². The first-order valence-electron chi connectivity index (χ1n) is 8.99. The summed E-state index contributed by atoms with van der Waals surface area (Å²) >= 11 is 3.57. The smallest absolute Gasteiger partial charge is 0.246 e. The van der Waals surface area contributed by atoms with E-state index in [9.17, 15) is 4.79 Å². The Kier molecular flexibility index (Phi) is 5.75. The average molecular weight is 396 g/mol. The number of thiophene rings is 1. The van der Waals surface area contributed by atoms with Crippen molar-refractivity contribution in [3.63, 3.8) is 0 Å². The minimum absolute atomic E-state index is 0.0863. The van der Waals surface area contributed by atoms with Crippen molar-refractivity contribution in [2.45, 2.75) is 6.54 Å². The molecule has 1 saturated heterocycles. The summed E-state index contributed by atoms with van der Waals surface area (Å²) in [6.45, 7) is 2.38. The maximum Gasteiger partial charge on any atom is 0.246 e. The first-order chi connectivity index (χ1) is 13.3. The molecule has 4 nitrogen and oxygen atoms in total. The molecule has 1 amide bonds. The second-order valence-corrected chi connectivity index (χ2v) is 8.54. The molecule has 0 spiro atoms. The third-order valence-corrected chi connectivity index (χ3v) is 6.28. The van der Waals surface area contributed by atoms with E-state index in [1.54, 1.807) is 17.4 Å². The van der Waals surface area contributed by atoms with Gasteiger partial charge in [0.2, 0.25) is 5.91 Å². The standard InChI is InChI=1S/C21H21N3OS2/c25-20(23-10-13-26-14-11-23)9-8-18-16-24(15-17-5-2-1-3-6-17)22-21(18)19-7-4-12-27-19/h1-9,12,16H,10-11,13-15H2/b9-8+. The van der Waals surface area contributed by atoms with Crippen molar-refractivity contribution in [3.8, 4) is 10.6 Å². The quantitative estimate of drug-likeness (QED) is 0.606. The van der Waals surface area contributed by atoms with Crippen molar-refractivity contribution in [1.82, 2.24) is 14.7 Å². The zero-order valence-corrected chi connectivity index (χ0v) is 16.6. The van der Waals surface area contributed by atoms with Gasteiger partial charge in [0.15, 0.2) is 0 Å². The highest BCUT2D eigenvalue weighted by atomic mass is 32.2. The number of benzene rings is 1. The van der Waals surface area contributed by atoms with E-state index >= 15 is 0 Å². The van der Waals surface area contributed by atoms with E-state index in [0.29, 0.717) is 6.54 Å². The fourth-order valence-electron chi connectivity index (χ4n) is 3.07. The number of thioether (sulfide) groups is 1. The molecule has 1 aliphatic rings. The molecule has 0 bridgehead atoms. The Bertz CT molecular complexity index is 910. The Labute approximate surface area is 167 Å². The molecule has 2 aromatic heterocycles. The zero-order chi connectivity index (χ0) is 18.5. The van der Waals surface area contributed by atoms with Gasteiger partial charge in [-0.25, -0.2) is 0 Å². The second-order valence-electron chi connectivity index (χ2n) is 6.36. The molecule has 138 valence electrons. The molecule has 1 aromatic carbocycles. The van der Waals surface area contributed by atoms with Crippen molar-refractivity contribution < 1.29 is 4.79 Å². The summed E-state index contributed by atoms with van der Waals surface area (Å²) in [7, 11) is 0. The number of aromatic nitrogens is 2. The summed E-state index contributed by atoms with van der Waals surface area (Å²) in [6.07, 6.45) is 5.63. The topological polar surface area (TPSA) is 38.1 Å². The van der Waals surface area contributed by atoms with Gasteiger partial charge in [-0.1, -0.05) is 36.4 Å². The van der Waals surface area contributed by atoms with Crippen LogP contribution in [0, 0.1) is 0 Å². The largest absolute Gasteiger partial charge is 0.338 e. The van der Waals surface area contributed by atoms with Crippen molar-refractivity contribution in [2.24, 2.45) is 0 Å². The lowest BCUT2D eigenvalue weighted by molar-refractivity contribution is -0.125. The summed E-state index contributed by atoms with van der Waals surface area (Å²) in [6, 6.07) is 14.4. The van der Waals surface area contributed by atoms with E-state index in [4.69, 9.17) is 5.10 Å².